The van der Waals surface area contributed by atoms with Gasteiger partial charge in [-0.2, -0.15) is 0 Å². The molecule has 1 saturated carbocycles. The zero-order valence-electron chi connectivity index (χ0n) is 11.0. The van der Waals surface area contributed by atoms with E-state index in [0.717, 1.165) is 38.8 Å². The van der Waals surface area contributed by atoms with Crippen LogP contribution in [-0.2, 0) is 14.3 Å². The number of nitrogens with one attached hydrogen (secondary N) is 1. The topological polar surface area (TPSA) is 58.6 Å². The van der Waals surface area contributed by atoms with E-state index in [-0.39, 0.29) is 12.3 Å². The van der Waals surface area contributed by atoms with Crippen molar-refractivity contribution in [2.75, 3.05) is 20.2 Å². The average molecular weight is 254 g/mol. The Kier molecular flexibility index (Phi) is 4.58. The summed E-state index contributed by atoms with van der Waals surface area (Å²) in [5, 5.41) is 3.31. The van der Waals surface area contributed by atoms with Crippen LogP contribution in [-0.4, -0.2) is 49.1 Å². The van der Waals surface area contributed by atoms with E-state index in [2.05, 4.69) is 10.1 Å². The number of nitrogens with zero attached hydrogens (tertiary/aromatic N) is 1. The highest BCUT2D eigenvalue weighted by molar-refractivity contribution is 5.94. The number of carbonyl (C=O) groups is 2. The molecule has 2 aliphatic rings. The summed E-state index contributed by atoms with van der Waals surface area (Å²) < 4.78 is 4.59. The average Bonchev–Trinajstić information content (AvgIpc) is 2.34. The Morgan fingerprint density at radius 3 is 2.28 bits per heavy atom. The molecule has 1 aliphatic carbocycles. The van der Waals surface area contributed by atoms with Crippen LogP contribution in [0, 0.1) is 0 Å². The van der Waals surface area contributed by atoms with E-state index in [1.54, 1.807) is 0 Å². The fourth-order valence-electron chi connectivity index (χ4n) is 2.74. The Morgan fingerprint density at radius 1 is 1.17 bits per heavy atom. The van der Waals surface area contributed by atoms with Gasteiger partial charge in [-0.1, -0.05) is 0 Å². The Bertz CT molecular complexity index is 309. The third-order valence-corrected chi connectivity index (χ3v) is 3.98. The van der Waals surface area contributed by atoms with Gasteiger partial charge in [-0.3, -0.25) is 9.59 Å². The molecule has 2 rings (SSSR count). The van der Waals surface area contributed by atoms with Crippen molar-refractivity contribution in [3.05, 3.63) is 0 Å². The van der Waals surface area contributed by atoms with Crippen LogP contribution in [0.2, 0.25) is 0 Å². The summed E-state index contributed by atoms with van der Waals surface area (Å²) in [5.74, 6) is -0.489. The highest BCUT2D eigenvalue weighted by atomic mass is 16.5. The molecule has 102 valence electrons. The van der Waals surface area contributed by atoms with E-state index >= 15 is 0 Å². The first-order chi connectivity index (χ1) is 8.72. The molecule has 0 bridgehead atoms. The normalized spacial score (nSPS) is 21.2. The van der Waals surface area contributed by atoms with Gasteiger partial charge in [0.05, 0.1) is 7.11 Å². The molecular formula is C13H22N2O3. The highest BCUT2D eigenvalue weighted by Gasteiger charge is 2.35. The van der Waals surface area contributed by atoms with Gasteiger partial charge < -0.3 is 15.0 Å². The first kappa shape index (κ1) is 13.3. The van der Waals surface area contributed by atoms with Crippen molar-refractivity contribution < 1.29 is 14.3 Å². The van der Waals surface area contributed by atoms with E-state index in [9.17, 15) is 9.59 Å². The molecule has 0 aromatic carbocycles. The maximum absolute atomic E-state index is 12.3. The maximum Gasteiger partial charge on any atom is 0.315 e. The molecule has 1 amide bonds. The highest BCUT2D eigenvalue weighted by Crippen LogP contribution is 2.29. The Morgan fingerprint density at radius 2 is 1.78 bits per heavy atom. The van der Waals surface area contributed by atoms with E-state index in [4.69, 9.17) is 0 Å². The van der Waals surface area contributed by atoms with Crippen LogP contribution >= 0.6 is 0 Å². The van der Waals surface area contributed by atoms with Gasteiger partial charge in [0.15, 0.2) is 0 Å². The van der Waals surface area contributed by atoms with Crippen LogP contribution in [0.15, 0.2) is 0 Å². The molecule has 0 spiro atoms. The minimum atomic E-state index is -0.432. The lowest BCUT2D eigenvalue weighted by Crippen LogP contribution is -2.53. The van der Waals surface area contributed by atoms with Gasteiger partial charge in [0.2, 0.25) is 5.91 Å². The summed E-state index contributed by atoms with van der Waals surface area (Å²) in [6.07, 6.45) is 5.22. The monoisotopic (exact) mass is 254 g/mol. The molecule has 0 aromatic heterocycles. The zero-order chi connectivity index (χ0) is 13.0. The molecule has 1 N–H and O–H groups in total. The second-order valence-electron chi connectivity index (χ2n) is 5.12. The fraction of sp³-hybridized carbons (Fsp3) is 0.846. The third-order valence-electron chi connectivity index (χ3n) is 3.98. The molecular weight excluding hydrogens is 232 g/mol. The number of hydrogen-bond acceptors (Lipinski definition) is 4. The molecule has 0 aromatic rings. The number of amides is 1. The smallest absolute Gasteiger partial charge is 0.315 e. The number of piperidine rings is 1. The summed E-state index contributed by atoms with van der Waals surface area (Å²) in [6, 6.07) is 0.652. The van der Waals surface area contributed by atoms with Gasteiger partial charge in [-0.15, -0.1) is 0 Å². The standard InChI is InChI=1S/C13H22N2O3/c1-18-13(17)9-12(16)15(10-3-2-4-10)11-5-7-14-8-6-11/h10-11,14H,2-9H2,1H3. The van der Waals surface area contributed by atoms with Gasteiger partial charge in [0.1, 0.15) is 6.42 Å². The summed E-state index contributed by atoms with van der Waals surface area (Å²) >= 11 is 0. The minimum Gasteiger partial charge on any atom is -0.469 e. The van der Waals surface area contributed by atoms with Crippen molar-refractivity contribution in [2.45, 2.75) is 50.6 Å². The lowest BCUT2D eigenvalue weighted by Gasteiger charge is -2.44. The quantitative estimate of drug-likeness (QED) is 0.592. The molecule has 0 radical (unpaired) electrons. The van der Waals surface area contributed by atoms with Crippen molar-refractivity contribution >= 4 is 11.9 Å². The Labute approximate surface area is 108 Å². The van der Waals surface area contributed by atoms with Crippen LogP contribution in [0.4, 0.5) is 0 Å². The van der Waals surface area contributed by atoms with Gasteiger partial charge in [-0.25, -0.2) is 0 Å². The molecule has 0 atom stereocenters. The van der Waals surface area contributed by atoms with Crippen LogP contribution < -0.4 is 5.32 Å². The third kappa shape index (κ3) is 3.02. The van der Waals surface area contributed by atoms with E-state index < -0.39 is 5.97 Å². The van der Waals surface area contributed by atoms with E-state index in [0.29, 0.717) is 12.1 Å². The molecule has 1 heterocycles. The largest absolute Gasteiger partial charge is 0.469 e. The molecule has 5 heteroatoms. The molecule has 18 heavy (non-hydrogen) atoms. The predicted molar refractivity (Wildman–Crippen MR) is 67.0 cm³/mol. The Balaban J connectivity index is 1.99. The van der Waals surface area contributed by atoms with E-state index in [1.165, 1.54) is 13.5 Å². The summed E-state index contributed by atoms with van der Waals surface area (Å²) in [5.41, 5.74) is 0. The number of ether oxygens (including phenoxy) is 1. The van der Waals surface area contributed by atoms with Gasteiger partial charge in [0, 0.05) is 12.1 Å². The fourth-order valence-corrected chi connectivity index (χ4v) is 2.74. The van der Waals surface area contributed by atoms with Crippen LogP contribution in [0.25, 0.3) is 0 Å². The number of esters is 1. The second-order valence-corrected chi connectivity index (χ2v) is 5.12. The number of rotatable bonds is 4. The zero-order valence-corrected chi connectivity index (χ0v) is 11.0. The van der Waals surface area contributed by atoms with Crippen LogP contribution in [0.3, 0.4) is 0 Å². The van der Waals surface area contributed by atoms with Crippen molar-refractivity contribution in [3.8, 4) is 0 Å². The lowest BCUT2D eigenvalue weighted by atomic mass is 9.88. The molecule has 2 fully saturated rings. The van der Waals surface area contributed by atoms with Gasteiger partial charge in [-0.05, 0) is 45.2 Å². The van der Waals surface area contributed by atoms with Crippen molar-refractivity contribution in [3.63, 3.8) is 0 Å². The number of carbonyl (C=O) groups excluding carboxylic acids is 2. The van der Waals surface area contributed by atoms with Gasteiger partial charge >= 0.3 is 5.97 Å². The number of hydrogen-bond donors (Lipinski definition) is 1. The Hall–Kier alpha value is -1.10. The maximum atomic E-state index is 12.3. The van der Waals surface area contributed by atoms with Crippen molar-refractivity contribution in [1.82, 2.24) is 10.2 Å². The van der Waals surface area contributed by atoms with E-state index in [1.807, 2.05) is 4.90 Å². The lowest BCUT2D eigenvalue weighted by molar-refractivity contribution is -0.150. The predicted octanol–water partition coefficient (Wildman–Crippen LogP) is 0.683. The molecule has 0 unspecified atom stereocenters. The molecule has 5 nitrogen and oxygen atoms in total. The minimum absolute atomic E-state index is 0.0570. The van der Waals surface area contributed by atoms with Crippen molar-refractivity contribution in [2.24, 2.45) is 0 Å². The molecule has 1 saturated heterocycles. The van der Waals surface area contributed by atoms with Crippen LogP contribution in [0.1, 0.15) is 38.5 Å². The summed E-state index contributed by atoms with van der Waals surface area (Å²) in [7, 11) is 1.33. The SMILES string of the molecule is COC(=O)CC(=O)N(C1CCC1)C1CCNCC1. The number of methoxy groups -OCH3 is 1. The molecule has 1 aliphatic heterocycles. The second kappa shape index (κ2) is 6.18. The van der Waals surface area contributed by atoms with Crippen molar-refractivity contribution in [1.29, 1.82) is 0 Å². The van der Waals surface area contributed by atoms with Gasteiger partial charge in [0.25, 0.3) is 0 Å². The summed E-state index contributed by atoms with van der Waals surface area (Å²) in [4.78, 5) is 25.5. The first-order valence-electron chi connectivity index (χ1n) is 6.81. The summed E-state index contributed by atoms with van der Waals surface area (Å²) in [6.45, 7) is 1.92. The van der Waals surface area contributed by atoms with Crippen LogP contribution in [0.5, 0.6) is 0 Å². The first-order valence-corrected chi connectivity index (χ1v) is 6.81.